The molecule has 0 aliphatic carbocycles. The normalized spacial score (nSPS) is 18.7. The van der Waals surface area contributed by atoms with Crippen LogP contribution in [0, 0.1) is 11.8 Å². The molecule has 5 heteroatoms. The van der Waals surface area contributed by atoms with Crippen molar-refractivity contribution >= 4 is 11.8 Å². The summed E-state index contributed by atoms with van der Waals surface area (Å²) in [6, 6.07) is 9.03. The van der Waals surface area contributed by atoms with Crippen LogP contribution >= 0.6 is 0 Å². The van der Waals surface area contributed by atoms with Gasteiger partial charge in [0.25, 0.3) is 0 Å². The average molecular weight is 318 g/mol. The lowest BCUT2D eigenvalue weighted by Crippen LogP contribution is -2.50. The monoisotopic (exact) mass is 318 g/mol. The zero-order chi connectivity index (χ0) is 16.7. The van der Waals surface area contributed by atoms with E-state index in [1.807, 2.05) is 44.2 Å². The SMILES string of the molecule is CC(C)[C@@H](NC(=O)Cc1ccccc1)C(=O)NC[C@@H]1CCOC1. The minimum absolute atomic E-state index is 0.0366. The van der Waals surface area contributed by atoms with Gasteiger partial charge in [-0.2, -0.15) is 0 Å². The summed E-state index contributed by atoms with van der Waals surface area (Å²) < 4.78 is 5.31. The molecule has 126 valence electrons. The Morgan fingerprint density at radius 1 is 1.26 bits per heavy atom. The van der Waals surface area contributed by atoms with Gasteiger partial charge in [-0.05, 0) is 17.9 Å². The molecule has 0 spiro atoms. The molecule has 5 nitrogen and oxygen atoms in total. The molecule has 0 unspecified atom stereocenters. The number of hydrogen-bond acceptors (Lipinski definition) is 3. The molecule has 2 N–H and O–H groups in total. The van der Waals surface area contributed by atoms with Gasteiger partial charge in [0.2, 0.25) is 11.8 Å². The summed E-state index contributed by atoms with van der Waals surface area (Å²) >= 11 is 0. The Hall–Kier alpha value is -1.88. The fourth-order valence-corrected chi connectivity index (χ4v) is 2.64. The Labute approximate surface area is 137 Å². The van der Waals surface area contributed by atoms with Crippen molar-refractivity contribution in [3.05, 3.63) is 35.9 Å². The van der Waals surface area contributed by atoms with Crippen molar-refractivity contribution in [3.8, 4) is 0 Å². The maximum absolute atomic E-state index is 12.4. The van der Waals surface area contributed by atoms with Crippen LogP contribution in [-0.4, -0.2) is 37.6 Å². The van der Waals surface area contributed by atoms with E-state index in [4.69, 9.17) is 4.74 Å². The van der Waals surface area contributed by atoms with E-state index >= 15 is 0 Å². The number of nitrogens with one attached hydrogen (secondary N) is 2. The van der Waals surface area contributed by atoms with Gasteiger partial charge in [-0.3, -0.25) is 9.59 Å². The van der Waals surface area contributed by atoms with Crippen LogP contribution in [0.3, 0.4) is 0 Å². The van der Waals surface area contributed by atoms with Crippen LogP contribution in [0.15, 0.2) is 30.3 Å². The second-order valence-corrected chi connectivity index (χ2v) is 6.43. The molecule has 1 aliphatic heterocycles. The summed E-state index contributed by atoms with van der Waals surface area (Å²) in [5.74, 6) is 0.170. The summed E-state index contributed by atoms with van der Waals surface area (Å²) in [4.78, 5) is 24.5. The molecule has 1 saturated heterocycles. The number of ether oxygens (including phenoxy) is 1. The Kier molecular flexibility index (Phi) is 6.59. The third-order valence-corrected chi connectivity index (χ3v) is 4.06. The predicted octanol–water partition coefficient (Wildman–Crippen LogP) is 1.52. The lowest BCUT2D eigenvalue weighted by molar-refractivity contribution is -0.129. The molecule has 1 aromatic rings. The van der Waals surface area contributed by atoms with Gasteiger partial charge in [0, 0.05) is 19.1 Å². The highest BCUT2D eigenvalue weighted by Crippen LogP contribution is 2.11. The van der Waals surface area contributed by atoms with Crippen LogP contribution in [0.4, 0.5) is 0 Å². The quantitative estimate of drug-likeness (QED) is 0.801. The fraction of sp³-hybridized carbons (Fsp3) is 0.556. The van der Waals surface area contributed by atoms with Gasteiger partial charge in [0.05, 0.1) is 13.0 Å². The number of carbonyl (C=O) groups is 2. The van der Waals surface area contributed by atoms with E-state index in [2.05, 4.69) is 10.6 Å². The number of carbonyl (C=O) groups excluding carboxylic acids is 2. The number of amides is 2. The summed E-state index contributed by atoms with van der Waals surface area (Å²) in [7, 11) is 0. The van der Waals surface area contributed by atoms with Gasteiger partial charge < -0.3 is 15.4 Å². The van der Waals surface area contributed by atoms with Crippen molar-refractivity contribution in [3.63, 3.8) is 0 Å². The lowest BCUT2D eigenvalue weighted by atomic mass is 10.0. The van der Waals surface area contributed by atoms with Crippen LogP contribution < -0.4 is 10.6 Å². The number of hydrogen-bond donors (Lipinski definition) is 2. The molecule has 2 atom stereocenters. The number of benzene rings is 1. The summed E-state index contributed by atoms with van der Waals surface area (Å²) in [5.41, 5.74) is 0.941. The second kappa shape index (κ2) is 8.67. The van der Waals surface area contributed by atoms with E-state index < -0.39 is 6.04 Å². The first-order valence-corrected chi connectivity index (χ1v) is 8.25. The molecule has 1 heterocycles. The molecule has 2 amide bonds. The smallest absolute Gasteiger partial charge is 0.242 e. The predicted molar refractivity (Wildman–Crippen MR) is 88.9 cm³/mol. The lowest BCUT2D eigenvalue weighted by Gasteiger charge is -2.22. The van der Waals surface area contributed by atoms with Gasteiger partial charge in [0.15, 0.2) is 0 Å². The Morgan fingerprint density at radius 2 is 2.00 bits per heavy atom. The molecule has 0 bridgehead atoms. The first-order valence-electron chi connectivity index (χ1n) is 8.25. The van der Waals surface area contributed by atoms with E-state index in [0.29, 0.717) is 19.1 Å². The molecule has 23 heavy (non-hydrogen) atoms. The first-order chi connectivity index (χ1) is 11.1. The van der Waals surface area contributed by atoms with Gasteiger partial charge >= 0.3 is 0 Å². The minimum atomic E-state index is -0.506. The van der Waals surface area contributed by atoms with Gasteiger partial charge in [0.1, 0.15) is 6.04 Å². The van der Waals surface area contributed by atoms with Crippen molar-refractivity contribution in [1.82, 2.24) is 10.6 Å². The highest BCUT2D eigenvalue weighted by atomic mass is 16.5. The van der Waals surface area contributed by atoms with Crippen molar-refractivity contribution in [2.24, 2.45) is 11.8 Å². The maximum Gasteiger partial charge on any atom is 0.242 e. The molecule has 1 fully saturated rings. The largest absolute Gasteiger partial charge is 0.381 e. The topological polar surface area (TPSA) is 67.4 Å². The van der Waals surface area contributed by atoms with E-state index in [9.17, 15) is 9.59 Å². The summed E-state index contributed by atoms with van der Waals surface area (Å²) in [6.45, 7) is 5.95. The first kappa shape index (κ1) is 17.5. The highest BCUT2D eigenvalue weighted by molar-refractivity contribution is 5.88. The Bertz CT molecular complexity index is 510. The minimum Gasteiger partial charge on any atom is -0.381 e. The summed E-state index contributed by atoms with van der Waals surface area (Å²) in [5, 5.41) is 5.80. The molecular weight excluding hydrogens is 292 g/mol. The molecule has 1 aromatic carbocycles. The fourth-order valence-electron chi connectivity index (χ4n) is 2.64. The van der Waals surface area contributed by atoms with E-state index in [1.54, 1.807) is 0 Å². The standard InChI is InChI=1S/C18H26N2O3/c1-13(2)17(18(22)19-11-15-8-9-23-12-15)20-16(21)10-14-6-4-3-5-7-14/h3-7,13,15,17H,8-12H2,1-2H3,(H,19,22)(H,20,21)/t15-,17+/m0/s1. The van der Waals surface area contributed by atoms with Crippen LogP contribution in [-0.2, 0) is 20.7 Å². The third kappa shape index (κ3) is 5.67. The van der Waals surface area contributed by atoms with Crippen molar-refractivity contribution in [2.75, 3.05) is 19.8 Å². The second-order valence-electron chi connectivity index (χ2n) is 6.43. The maximum atomic E-state index is 12.4. The van der Waals surface area contributed by atoms with Gasteiger partial charge in [-0.25, -0.2) is 0 Å². The van der Waals surface area contributed by atoms with Crippen LogP contribution in [0.5, 0.6) is 0 Å². The highest BCUT2D eigenvalue weighted by Gasteiger charge is 2.25. The van der Waals surface area contributed by atoms with Crippen molar-refractivity contribution in [1.29, 1.82) is 0 Å². The zero-order valence-electron chi connectivity index (χ0n) is 13.9. The zero-order valence-corrected chi connectivity index (χ0v) is 13.9. The van der Waals surface area contributed by atoms with Gasteiger partial charge in [-0.1, -0.05) is 44.2 Å². The van der Waals surface area contributed by atoms with Crippen molar-refractivity contribution in [2.45, 2.75) is 32.7 Å². The van der Waals surface area contributed by atoms with Gasteiger partial charge in [-0.15, -0.1) is 0 Å². The van der Waals surface area contributed by atoms with E-state index in [0.717, 1.165) is 18.6 Å². The molecular formula is C18H26N2O3. The average Bonchev–Trinajstić information content (AvgIpc) is 3.04. The van der Waals surface area contributed by atoms with Crippen LogP contribution in [0.2, 0.25) is 0 Å². The molecule has 1 aliphatic rings. The Morgan fingerprint density at radius 3 is 2.61 bits per heavy atom. The molecule has 0 saturated carbocycles. The molecule has 0 radical (unpaired) electrons. The Balaban J connectivity index is 1.84. The van der Waals surface area contributed by atoms with Crippen molar-refractivity contribution < 1.29 is 14.3 Å². The van der Waals surface area contributed by atoms with Crippen LogP contribution in [0.1, 0.15) is 25.8 Å². The van der Waals surface area contributed by atoms with E-state index in [-0.39, 0.29) is 24.2 Å². The summed E-state index contributed by atoms with van der Waals surface area (Å²) in [6.07, 6.45) is 1.26. The van der Waals surface area contributed by atoms with E-state index in [1.165, 1.54) is 0 Å². The van der Waals surface area contributed by atoms with Crippen LogP contribution in [0.25, 0.3) is 0 Å². The molecule has 0 aromatic heterocycles. The third-order valence-electron chi connectivity index (χ3n) is 4.06. The molecule has 2 rings (SSSR count). The number of rotatable bonds is 7.